The maximum Gasteiger partial charge on any atom is 0.0714 e. The fourth-order valence-corrected chi connectivity index (χ4v) is 10.3. The van der Waals surface area contributed by atoms with E-state index < -0.39 is 5.41 Å². The van der Waals surface area contributed by atoms with E-state index in [2.05, 4.69) is 243 Å². The molecule has 1 heteroatoms. The third-order valence-corrected chi connectivity index (χ3v) is 13.0. The molecular weight excluding hydrogens is 711 g/mol. The number of rotatable bonds is 7. The summed E-state index contributed by atoms with van der Waals surface area (Å²) >= 11 is 0. The fraction of sp³-hybridized carbons (Fsp3) is 0.0690. The lowest BCUT2D eigenvalue weighted by molar-refractivity contribution is 0.660. The van der Waals surface area contributed by atoms with Crippen molar-refractivity contribution in [3.05, 3.63) is 258 Å². The van der Waals surface area contributed by atoms with Crippen molar-refractivity contribution >= 4 is 17.1 Å². The van der Waals surface area contributed by atoms with Crippen LogP contribution in [0.5, 0.6) is 0 Å². The van der Waals surface area contributed by atoms with E-state index >= 15 is 0 Å². The van der Waals surface area contributed by atoms with Gasteiger partial charge in [-0.25, -0.2) is 0 Å². The predicted octanol–water partition coefficient (Wildman–Crippen LogP) is 15.2. The van der Waals surface area contributed by atoms with Crippen LogP contribution >= 0.6 is 0 Å². The summed E-state index contributed by atoms with van der Waals surface area (Å²) in [4.78, 5) is 2.55. The first-order chi connectivity index (χ1) is 29.0. The molecule has 9 aromatic carbocycles. The zero-order chi connectivity index (χ0) is 39.6. The highest BCUT2D eigenvalue weighted by atomic mass is 15.1. The molecule has 0 amide bonds. The largest absolute Gasteiger partial charge is 0.309 e. The fourth-order valence-electron chi connectivity index (χ4n) is 10.3. The lowest BCUT2D eigenvalue weighted by Crippen LogP contribution is -2.28. The molecule has 9 aromatic rings. The van der Waals surface area contributed by atoms with E-state index in [1.165, 1.54) is 77.9 Å². The van der Waals surface area contributed by atoms with Gasteiger partial charge in [0.1, 0.15) is 0 Å². The van der Waals surface area contributed by atoms with Crippen molar-refractivity contribution in [3.8, 4) is 44.5 Å². The van der Waals surface area contributed by atoms with Crippen molar-refractivity contribution in [3.63, 3.8) is 0 Å². The SMILES string of the molecule is CC1(C)c2ccccc2-c2ccc(N(c3ccc4c(c3)C(c3ccccc3)(c3ccccc3)c3ccccc3-4)c3c(-c4ccccc4)cccc3-c3ccccc3)cc21. The van der Waals surface area contributed by atoms with Crippen LogP contribution in [-0.4, -0.2) is 0 Å². The molecule has 0 atom stereocenters. The van der Waals surface area contributed by atoms with Gasteiger partial charge in [-0.15, -0.1) is 0 Å². The van der Waals surface area contributed by atoms with Crippen molar-refractivity contribution in [2.75, 3.05) is 4.90 Å². The average Bonchev–Trinajstić information content (AvgIpc) is 3.73. The van der Waals surface area contributed by atoms with Crippen molar-refractivity contribution in [1.82, 2.24) is 0 Å². The van der Waals surface area contributed by atoms with Crippen molar-refractivity contribution in [2.24, 2.45) is 0 Å². The number of nitrogens with zero attached hydrogens (tertiary/aromatic N) is 1. The quantitative estimate of drug-likeness (QED) is 0.157. The number of anilines is 3. The number of fused-ring (bicyclic) bond motifs is 6. The van der Waals surface area contributed by atoms with Crippen LogP contribution in [0.3, 0.4) is 0 Å². The van der Waals surface area contributed by atoms with Crippen LogP contribution in [0.25, 0.3) is 44.5 Å². The van der Waals surface area contributed by atoms with Crippen LogP contribution < -0.4 is 4.90 Å². The Kier molecular flexibility index (Phi) is 8.13. The first kappa shape index (κ1) is 35.0. The van der Waals surface area contributed by atoms with E-state index in [4.69, 9.17) is 0 Å². The summed E-state index contributed by atoms with van der Waals surface area (Å²) < 4.78 is 0. The van der Waals surface area contributed by atoms with Gasteiger partial charge in [0.15, 0.2) is 0 Å². The van der Waals surface area contributed by atoms with Crippen LogP contribution in [0, 0.1) is 0 Å². The standard InChI is InChI=1S/C58H43N/c1-57(2)52-32-17-15-28-48(52)50-36-34-44(38-54(50)57)59(56-46(40-20-7-3-8-21-40)30-19-31-47(56)41-22-9-4-10-23-41)45-35-37-51-49-29-16-18-33-53(49)58(55(51)39-45,42-24-11-5-12-25-42)43-26-13-6-14-27-43/h3-39H,1-2H3. The third-order valence-electron chi connectivity index (χ3n) is 13.0. The van der Waals surface area contributed by atoms with Crippen LogP contribution in [-0.2, 0) is 10.8 Å². The number of hydrogen-bond acceptors (Lipinski definition) is 1. The Morgan fingerprint density at radius 3 is 1.24 bits per heavy atom. The van der Waals surface area contributed by atoms with Crippen LogP contribution in [0.2, 0.25) is 0 Å². The first-order valence-electron chi connectivity index (χ1n) is 20.7. The van der Waals surface area contributed by atoms with E-state index in [1.54, 1.807) is 0 Å². The highest BCUT2D eigenvalue weighted by Crippen LogP contribution is 2.58. The number of benzene rings is 9. The number of para-hydroxylation sites is 1. The second-order valence-corrected chi connectivity index (χ2v) is 16.4. The van der Waals surface area contributed by atoms with Gasteiger partial charge in [-0.2, -0.15) is 0 Å². The van der Waals surface area contributed by atoms with E-state index in [1.807, 2.05) is 0 Å². The Morgan fingerprint density at radius 1 is 0.305 bits per heavy atom. The van der Waals surface area contributed by atoms with Gasteiger partial charge in [0.25, 0.3) is 0 Å². The molecule has 2 aliphatic carbocycles. The Labute approximate surface area is 347 Å². The maximum atomic E-state index is 2.55. The summed E-state index contributed by atoms with van der Waals surface area (Å²) in [5.41, 5.74) is 20.4. The van der Waals surface area contributed by atoms with Gasteiger partial charge in [-0.05, 0) is 91.0 Å². The molecule has 59 heavy (non-hydrogen) atoms. The first-order valence-corrected chi connectivity index (χ1v) is 20.7. The van der Waals surface area contributed by atoms with Gasteiger partial charge in [0.2, 0.25) is 0 Å². The van der Waals surface area contributed by atoms with Crippen molar-refractivity contribution < 1.29 is 0 Å². The van der Waals surface area contributed by atoms with Gasteiger partial charge < -0.3 is 4.90 Å². The predicted molar refractivity (Wildman–Crippen MR) is 247 cm³/mol. The molecule has 11 rings (SSSR count). The Balaban J connectivity index is 1.24. The van der Waals surface area contributed by atoms with Crippen molar-refractivity contribution in [1.29, 1.82) is 0 Å². The van der Waals surface area contributed by atoms with Gasteiger partial charge in [-0.1, -0.05) is 214 Å². The van der Waals surface area contributed by atoms with Gasteiger partial charge in [-0.3, -0.25) is 0 Å². The molecule has 0 unspecified atom stereocenters. The molecule has 0 N–H and O–H groups in total. The molecule has 0 spiro atoms. The lowest BCUT2D eigenvalue weighted by atomic mass is 9.67. The minimum Gasteiger partial charge on any atom is -0.309 e. The Morgan fingerprint density at radius 2 is 0.695 bits per heavy atom. The van der Waals surface area contributed by atoms with Gasteiger partial charge in [0.05, 0.1) is 11.1 Å². The monoisotopic (exact) mass is 753 g/mol. The normalized spacial score (nSPS) is 13.9. The zero-order valence-electron chi connectivity index (χ0n) is 33.3. The van der Waals surface area contributed by atoms with Crippen LogP contribution in [0.15, 0.2) is 224 Å². The highest BCUT2D eigenvalue weighted by molar-refractivity contribution is 5.99. The summed E-state index contributed by atoms with van der Waals surface area (Å²) in [6.45, 7) is 4.75. The topological polar surface area (TPSA) is 3.24 Å². The van der Waals surface area contributed by atoms with E-state index in [0.717, 1.165) is 17.1 Å². The summed E-state index contributed by atoms with van der Waals surface area (Å²) in [7, 11) is 0. The zero-order valence-corrected chi connectivity index (χ0v) is 33.3. The molecule has 0 radical (unpaired) electrons. The average molecular weight is 754 g/mol. The molecule has 0 fully saturated rings. The molecule has 280 valence electrons. The second-order valence-electron chi connectivity index (χ2n) is 16.4. The van der Waals surface area contributed by atoms with Crippen molar-refractivity contribution in [2.45, 2.75) is 24.7 Å². The molecule has 0 aromatic heterocycles. The number of hydrogen-bond donors (Lipinski definition) is 0. The minimum absolute atomic E-state index is 0.163. The third kappa shape index (κ3) is 5.31. The second kappa shape index (κ2) is 13.7. The molecular formula is C58H43N. The molecule has 0 saturated heterocycles. The van der Waals surface area contributed by atoms with Crippen LogP contribution in [0.1, 0.15) is 47.2 Å². The van der Waals surface area contributed by atoms with E-state index in [0.29, 0.717) is 0 Å². The minimum atomic E-state index is -0.529. The molecule has 2 aliphatic rings. The summed E-state index contributed by atoms with van der Waals surface area (Å²) in [5, 5.41) is 0. The summed E-state index contributed by atoms with van der Waals surface area (Å²) in [6.07, 6.45) is 0. The summed E-state index contributed by atoms with van der Waals surface area (Å²) in [6, 6.07) is 83.1. The van der Waals surface area contributed by atoms with E-state index in [-0.39, 0.29) is 5.41 Å². The molecule has 0 saturated carbocycles. The molecule has 0 heterocycles. The van der Waals surface area contributed by atoms with Gasteiger partial charge >= 0.3 is 0 Å². The molecule has 0 aliphatic heterocycles. The van der Waals surface area contributed by atoms with Crippen LogP contribution in [0.4, 0.5) is 17.1 Å². The Hall–Kier alpha value is -7.22. The highest BCUT2D eigenvalue weighted by Gasteiger charge is 2.46. The molecule has 1 nitrogen and oxygen atoms in total. The lowest BCUT2D eigenvalue weighted by Gasteiger charge is -2.35. The molecule has 0 bridgehead atoms. The Bertz CT molecular complexity index is 2900. The maximum absolute atomic E-state index is 2.55. The van der Waals surface area contributed by atoms with Gasteiger partial charge in [0, 0.05) is 27.9 Å². The summed E-state index contributed by atoms with van der Waals surface area (Å²) in [5.74, 6) is 0. The van der Waals surface area contributed by atoms with E-state index in [9.17, 15) is 0 Å². The smallest absolute Gasteiger partial charge is 0.0714 e.